The molecule has 0 amide bonds. The number of anilines is 1. The Morgan fingerprint density at radius 1 is 1.08 bits per heavy atom. The summed E-state index contributed by atoms with van der Waals surface area (Å²) in [6, 6.07) is 20.6. The Morgan fingerprint density at radius 3 is 2.24 bits per heavy atom. The van der Waals surface area contributed by atoms with E-state index in [1.54, 1.807) is 6.92 Å². The first kappa shape index (κ1) is 16.1. The lowest BCUT2D eigenvalue weighted by molar-refractivity contribution is -0.114. The molecule has 2 aromatic rings. The van der Waals surface area contributed by atoms with E-state index in [-0.39, 0.29) is 11.2 Å². The van der Waals surface area contributed by atoms with Crippen molar-refractivity contribution in [1.29, 1.82) is 0 Å². The molecule has 1 fully saturated rings. The summed E-state index contributed by atoms with van der Waals surface area (Å²) in [5.41, 5.74) is 3.23. The maximum absolute atomic E-state index is 12.7. The van der Waals surface area contributed by atoms with E-state index in [4.69, 9.17) is 4.74 Å². The van der Waals surface area contributed by atoms with Gasteiger partial charge in [-0.2, -0.15) is 0 Å². The van der Waals surface area contributed by atoms with E-state index in [1.165, 1.54) is 0 Å². The number of ketones is 1. The zero-order valence-electron chi connectivity index (χ0n) is 15.0. The molecule has 1 aliphatic heterocycles. The molecule has 1 heterocycles. The molecule has 1 saturated carbocycles. The first-order chi connectivity index (χ1) is 12.1. The van der Waals surface area contributed by atoms with Crippen LogP contribution in [0.15, 0.2) is 71.9 Å². The lowest BCUT2D eigenvalue weighted by Crippen LogP contribution is -2.40. The summed E-state index contributed by atoms with van der Waals surface area (Å²) in [6.07, 6.45) is 0.805. The lowest BCUT2D eigenvalue weighted by Gasteiger charge is -2.32. The van der Waals surface area contributed by atoms with E-state index in [1.807, 2.05) is 50.2 Å². The van der Waals surface area contributed by atoms with Gasteiger partial charge in [-0.25, -0.2) is 0 Å². The molecule has 3 nitrogen and oxygen atoms in total. The number of carbonyl (C=O) groups is 1. The number of nitrogens with zero attached hydrogens (tertiary/aromatic N) is 1. The van der Waals surface area contributed by atoms with Crippen LogP contribution in [0.2, 0.25) is 0 Å². The maximum atomic E-state index is 12.7. The van der Waals surface area contributed by atoms with Crippen LogP contribution in [-0.4, -0.2) is 18.1 Å². The predicted octanol–water partition coefficient (Wildman–Crippen LogP) is 4.44. The standard InChI is InChI=1S/C22H23NO2/c1-4-25-22-15-21(22,18-11-7-5-8-12-18)20(17(3)24)16(2)23(22)19-13-9-6-10-14-19/h5-14H,4,15H2,1-3H3. The van der Waals surface area contributed by atoms with Crippen LogP contribution in [0.3, 0.4) is 0 Å². The van der Waals surface area contributed by atoms with Crippen LogP contribution in [0.25, 0.3) is 0 Å². The number of benzene rings is 2. The number of para-hydroxylation sites is 1. The maximum Gasteiger partial charge on any atom is 0.160 e. The van der Waals surface area contributed by atoms with Crippen LogP contribution in [0, 0.1) is 0 Å². The highest BCUT2D eigenvalue weighted by molar-refractivity contribution is 6.01. The van der Waals surface area contributed by atoms with Gasteiger partial charge in [-0.05, 0) is 38.5 Å². The van der Waals surface area contributed by atoms with Crippen molar-refractivity contribution >= 4 is 11.5 Å². The third-order valence-corrected chi connectivity index (χ3v) is 5.55. The molecular formula is C22H23NO2. The summed E-state index contributed by atoms with van der Waals surface area (Å²) in [4.78, 5) is 14.9. The first-order valence-electron chi connectivity index (χ1n) is 8.85. The fourth-order valence-corrected chi connectivity index (χ4v) is 4.77. The van der Waals surface area contributed by atoms with Crippen molar-refractivity contribution in [2.24, 2.45) is 0 Å². The molecule has 3 heteroatoms. The van der Waals surface area contributed by atoms with Gasteiger partial charge in [-0.1, -0.05) is 48.5 Å². The summed E-state index contributed by atoms with van der Waals surface area (Å²) in [6.45, 7) is 6.35. The Bertz CT molecular complexity index is 843. The molecular weight excluding hydrogens is 310 g/mol. The molecule has 0 saturated heterocycles. The number of hydrogen-bond donors (Lipinski definition) is 0. The normalized spacial score (nSPS) is 27.4. The fourth-order valence-electron chi connectivity index (χ4n) is 4.77. The third kappa shape index (κ3) is 1.99. The monoisotopic (exact) mass is 333 g/mol. The number of rotatable bonds is 5. The van der Waals surface area contributed by atoms with Gasteiger partial charge < -0.3 is 9.64 Å². The van der Waals surface area contributed by atoms with E-state index < -0.39 is 5.72 Å². The molecule has 0 radical (unpaired) electrons. The van der Waals surface area contributed by atoms with Crippen molar-refractivity contribution in [3.05, 3.63) is 77.5 Å². The average Bonchev–Trinajstić information content (AvgIpc) is 3.20. The Morgan fingerprint density at radius 2 is 1.68 bits per heavy atom. The number of carbonyl (C=O) groups excluding carboxylic acids is 1. The number of fused-ring (bicyclic) bond motifs is 1. The second-order valence-corrected chi connectivity index (χ2v) is 6.85. The second-order valence-electron chi connectivity index (χ2n) is 6.85. The van der Waals surface area contributed by atoms with Crippen LogP contribution < -0.4 is 4.90 Å². The van der Waals surface area contributed by atoms with Crippen molar-refractivity contribution in [2.75, 3.05) is 11.5 Å². The van der Waals surface area contributed by atoms with Crippen LogP contribution in [0.1, 0.15) is 32.8 Å². The largest absolute Gasteiger partial charge is 0.354 e. The number of ether oxygens (including phenoxy) is 1. The Labute approximate surface area is 148 Å². The highest BCUT2D eigenvalue weighted by Crippen LogP contribution is 2.71. The first-order valence-corrected chi connectivity index (χ1v) is 8.85. The van der Waals surface area contributed by atoms with E-state index in [9.17, 15) is 4.79 Å². The molecule has 0 spiro atoms. The zero-order chi connectivity index (χ0) is 17.7. The lowest BCUT2D eigenvalue weighted by atomic mass is 9.85. The smallest absolute Gasteiger partial charge is 0.160 e. The van der Waals surface area contributed by atoms with Gasteiger partial charge in [0.2, 0.25) is 0 Å². The van der Waals surface area contributed by atoms with Crippen LogP contribution in [0.4, 0.5) is 5.69 Å². The molecule has 0 bridgehead atoms. The van der Waals surface area contributed by atoms with Gasteiger partial charge in [-0.15, -0.1) is 0 Å². The van der Waals surface area contributed by atoms with E-state index in [2.05, 4.69) is 29.2 Å². The molecule has 1 aliphatic carbocycles. The minimum absolute atomic E-state index is 0.126. The van der Waals surface area contributed by atoms with Crippen molar-refractivity contribution in [3.8, 4) is 0 Å². The number of Topliss-reactive ketones (excluding diaryl/α,β-unsaturated/α-hetero) is 1. The summed E-state index contributed by atoms with van der Waals surface area (Å²) < 4.78 is 6.37. The summed E-state index contributed by atoms with van der Waals surface area (Å²) in [5, 5.41) is 0. The van der Waals surface area contributed by atoms with Gasteiger partial charge in [0, 0.05) is 30.0 Å². The minimum Gasteiger partial charge on any atom is -0.354 e. The molecule has 4 rings (SSSR count). The third-order valence-electron chi connectivity index (χ3n) is 5.55. The minimum atomic E-state index is -0.504. The Hall–Kier alpha value is -2.39. The van der Waals surface area contributed by atoms with Crippen molar-refractivity contribution in [3.63, 3.8) is 0 Å². The van der Waals surface area contributed by atoms with Crippen molar-refractivity contribution in [2.45, 2.75) is 38.3 Å². The second kappa shape index (κ2) is 5.57. The molecule has 0 N–H and O–H groups in total. The summed E-state index contributed by atoms with van der Waals surface area (Å²) in [7, 11) is 0. The molecule has 2 unspecified atom stereocenters. The number of allylic oxidation sites excluding steroid dienone is 1. The Kier molecular flexibility index (Phi) is 3.58. The van der Waals surface area contributed by atoms with Gasteiger partial charge in [-0.3, -0.25) is 4.79 Å². The van der Waals surface area contributed by atoms with Crippen LogP contribution in [-0.2, 0) is 14.9 Å². The predicted molar refractivity (Wildman–Crippen MR) is 99.4 cm³/mol. The summed E-state index contributed by atoms with van der Waals surface area (Å²) >= 11 is 0. The van der Waals surface area contributed by atoms with Crippen LogP contribution in [0.5, 0.6) is 0 Å². The van der Waals surface area contributed by atoms with Crippen molar-refractivity contribution in [1.82, 2.24) is 0 Å². The zero-order valence-corrected chi connectivity index (χ0v) is 15.0. The molecule has 2 atom stereocenters. The van der Waals surface area contributed by atoms with Gasteiger partial charge in [0.15, 0.2) is 11.5 Å². The van der Waals surface area contributed by atoms with Crippen LogP contribution >= 0.6 is 0 Å². The molecule has 0 aromatic heterocycles. The quantitative estimate of drug-likeness (QED) is 0.810. The highest BCUT2D eigenvalue weighted by Gasteiger charge is 2.79. The van der Waals surface area contributed by atoms with Crippen molar-refractivity contribution < 1.29 is 9.53 Å². The molecule has 2 aliphatic rings. The average molecular weight is 333 g/mol. The van der Waals surface area contributed by atoms with Gasteiger partial charge in [0.1, 0.15) is 0 Å². The van der Waals surface area contributed by atoms with E-state index in [0.717, 1.165) is 28.9 Å². The van der Waals surface area contributed by atoms with Gasteiger partial charge in [0.05, 0.1) is 5.41 Å². The molecule has 2 aromatic carbocycles. The topological polar surface area (TPSA) is 29.5 Å². The fraction of sp³-hybridized carbons (Fsp3) is 0.318. The molecule has 128 valence electrons. The van der Waals surface area contributed by atoms with Gasteiger partial charge in [0.25, 0.3) is 0 Å². The molecule has 25 heavy (non-hydrogen) atoms. The SMILES string of the molecule is CCOC12CC1(c1ccccc1)C(C(C)=O)=C(C)N2c1ccccc1. The van der Waals surface area contributed by atoms with E-state index >= 15 is 0 Å². The Balaban J connectivity index is 1.95. The number of hydrogen-bond acceptors (Lipinski definition) is 3. The summed E-state index contributed by atoms with van der Waals surface area (Å²) in [5.74, 6) is 0.126. The van der Waals surface area contributed by atoms with E-state index in [0.29, 0.717) is 6.61 Å². The highest BCUT2D eigenvalue weighted by atomic mass is 16.5. The van der Waals surface area contributed by atoms with Gasteiger partial charge >= 0.3 is 0 Å².